The van der Waals surface area contributed by atoms with Crippen LogP contribution < -0.4 is 10.5 Å². The maximum absolute atomic E-state index is 12.0. The van der Waals surface area contributed by atoms with Crippen LogP contribution in [-0.4, -0.2) is 18.4 Å². The molecule has 0 spiro atoms. The van der Waals surface area contributed by atoms with Crippen molar-refractivity contribution in [2.75, 3.05) is 4.72 Å². The molecular formula is C10H11ClN4O2S. The highest BCUT2D eigenvalue weighted by atomic mass is 35.5. The van der Waals surface area contributed by atoms with Crippen LogP contribution >= 0.6 is 11.6 Å². The van der Waals surface area contributed by atoms with Crippen molar-refractivity contribution >= 4 is 27.6 Å². The van der Waals surface area contributed by atoms with Crippen molar-refractivity contribution in [3.63, 3.8) is 0 Å². The molecule has 1 aromatic heterocycles. The summed E-state index contributed by atoms with van der Waals surface area (Å²) in [5.74, 6) is 0.133. The van der Waals surface area contributed by atoms with E-state index in [0.717, 1.165) is 5.56 Å². The second kappa shape index (κ2) is 4.97. The number of nitrogens with zero attached hydrogens (tertiary/aromatic N) is 1. The molecule has 2 rings (SSSR count). The van der Waals surface area contributed by atoms with Crippen LogP contribution in [-0.2, 0) is 16.6 Å². The van der Waals surface area contributed by atoms with E-state index in [1.165, 1.54) is 24.5 Å². The number of benzene rings is 1. The Morgan fingerprint density at radius 3 is 2.78 bits per heavy atom. The van der Waals surface area contributed by atoms with Crippen molar-refractivity contribution in [1.82, 2.24) is 9.97 Å². The summed E-state index contributed by atoms with van der Waals surface area (Å²) in [5.41, 5.74) is 6.21. The number of hydrogen-bond donors (Lipinski definition) is 3. The maximum atomic E-state index is 12.0. The third-order valence-electron chi connectivity index (χ3n) is 2.25. The summed E-state index contributed by atoms with van der Waals surface area (Å²) in [4.78, 5) is 6.41. The largest absolute Gasteiger partial charge is 0.330 e. The molecule has 0 saturated carbocycles. The number of anilines is 1. The predicted octanol–water partition coefficient (Wildman–Crippen LogP) is 1.32. The number of rotatable bonds is 4. The third-order valence-corrected chi connectivity index (χ3v) is 4.07. The Balaban J connectivity index is 2.35. The van der Waals surface area contributed by atoms with E-state index in [4.69, 9.17) is 17.3 Å². The van der Waals surface area contributed by atoms with Gasteiger partial charge in [-0.2, -0.15) is 0 Å². The van der Waals surface area contributed by atoms with E-state index < -0.39 is 10.0 Å². The molecule has 0 unspecified atom stereocenters. The Morgan fingerprint density at radius 2 is 2.22 bits per heavy atom. The Kier molecular flexibility index (Phi) is 3.55. The highest BCUT2D eigenvalue weighted by Gasteiger charge is 2.19. The lowest BCUT2D eigenvalue weighted by Crippen LogP contribution is -2.14. The van der Waals surface area contributed by atoms with E-state index >= 15 is 0 Å². The van der Waals surface area contributed by atoms with Crippen molar-refractivity contribution in [2.45, 2.75) is 11.4 Å². The van der Waals surface area contributed by atoms with E-state index in [-0.39, 0.29) is 15.9 Å². The Bertz CT molecular complexity index is 640. The molecular weight excluding hydrogens is 276 g/mol. The number of nitrogens with one attached hydrogen (secondary N) is 2. The first-order valence-electron chi connectivity index (χ1n) is 5.03. The van der Waals surface area contributed by atoms with Gasteiger partial charge in [0.1, 0.15) is 4.90 Å². The van der Waals surface area contributed by atoms with Crippen molar-refractivity contribution < 1.29 is 8.42 Å². The molecule has 0 aliphatic carbocycles. The highest BCUT2D eigenvalue weighted by molar-refractivity contribution is 7.92. The van der Waals surface area contributed by atoms with E-state index in [1.807, 2.05) is 0 Å². The summed E-state index contributed by atoms with van der Waals surface area (Å²) in [6.45, 7) is 0.297. The molecule has 0 atom stereocenters. The number of sulfonamides is 1. The fourth-order valence-corrected chi connectivity index (χ4v) is 2.94. The second-order valence-corrected chi connectivity index (χ2v) is 5.57. The van der Waals surface area contributed by atoms with Crippen molar-refractivity contribution in [1.29, 1.82) is 0 Å². The lowest BCUT2D eigenvalue weighted by molar-refractivity contribution is 0.601. The smallest absolute Gasteiger partial charge is 0.265 e. The molecule has 1 heterocycles. The number of imidazole rings is 1. The SMILES string of the molecule is NCc1ccc(S(=O)(=O)Nc2ncc[nH]2)c(Cl)c1. The first-order valence-corrected chi connectivity index (χ1v) is 6.90. The molecule has 0 radical (unpaired) electrons. The molecule has 18 heavy (non-hydrogen) atoms. The number of nitrogens with two attached hydrogens (primary N) is 1. The Labute approximate surface area is 109 Å². The van der Waals surface area contributed by atoms with Gasteiger partial charge in [0.25, 0.3) is 10.0 Å². The van der Waals surface area contributed by atoms with Gasteiger partial charge in [0.05, 0.1) is 5.02 Å². The highest BCUT2D eigenvalue weighted by Crippen LogP contribution is 2.23. The van der Waals surface area contributed by atoms with Gasteiger partial charge in [-0.15, -0.1) is 0 Å². The van der Waals surface area contributed by atoms with Crippen LogP contribution in [0.4, 0.5) is 5.95 Å². The quantitative estimate of drug-likeness (QED) is 0.789. The van der Waals surface area contributed by atoms with Crippen LogP contribution in [0.2, 0.25) is 5.02 Å². The van der Waals surface area contributed by atoms with Gasteiger partial charge in [-0.25, -0.2) is 18.1 Å². The number of halogens is 1. The van der Waals surface area contributed by atoms with Crippen LogP contribution in [0.25, 0.3) is 0 Å². The summed E-state index contributed by atoms with van der Waals surface area (Å²) in [5, 5.41) is 0.122. The van der Waals surface area contributed by atoms with Crippen molar-refractivity contribution in [3.8, 4) is 0 Å². The van der Waals surface area contributed by atoms with Gasteiger partial charge < -0.3 is 10.7 Å². The van der Waals surface area contributed by atoms with Crippen molar-refractivity contribution in [3.05, 3.63) is 41.2 Å². The van der Waals surface area contributed by atoms with Crippen molar-refractivity contribution in [2.24, 2.45) is 5.73 Å². The van der Waals surface area contributed by atoms with Gasteiger partial charge in [-0.05, 0) is 17.7 Å². The van der Waals surface area contributed by atoms with Crippen LogP contribution in [0.3, 0.4) is 0 Å². The zero-order valence-electron chi connectivity index (χ0n) is 9.22. The average molecular weight is 287 g/mol. The lowest BCUT2D eigenvalue weighted by Gasteiger charge is -2.08. The van der Waals surface area contributed by atoms with Gasteiger partial charge in [-0.3, -0.25) is 0 Å². The second-order valence-electron chi connectivity index (χ2n) is 3.51. The van der Waals surface area contributed by atoms with Gasteiger partial charge in [0.2, 0.25) is 5.95 Å². The first kappa shape index (κ1) is 12.9. The number of hydrogen-bond acceptors (Lipinski definition) is 4. The number of H-pyrrole nitrogens is 1. The van der Waals surface area contributed by atoms with Gasteiger partial charge in [0, 0.05) is 18.9 Å². The number of aromatic amines is 1. The maximum Gasteiger partial charge on any atom is 0.265 e. The fourth-order valence-electron chi connectivity index (χ4n) is 1.39. The Morgan fingerprint density at radius 1 is 1.44 bits per heavy atom. The summed E-state index contributed by atoms with van der Waals surface area (Å²) < 4.78 is 26.3. The van der Waals surface area contributed by atoms with Crippen LogP contribution in [0.1, 0.15) is 5.56 Å². The molecule has 0 fully saturated rings. The minimum Gasteiger partial charge on any atom is -0.330 e. The molecule has 6 nitrogen and oxygen atoms in total. The molecule has 2 aromatic rings. The summed E-state index contributed by atoms with van der Waals surface area (Å²) >= 11 is 5.93. The van der Waals surface area contributed by atoms with E-state index in [1.54, 1.807) is 6.07 Å². The normalized spacial score (nSPS) is 11.4. The third kappa shape index (κ3) is 2.63. The molecule has 96 valence electrons. The van der Waals surface area contributed by atoms with Crippen LogP contribution in [0, 0.1) is 0 Å². The van der Waals surface area contributed by atoms with Crippen LogP contribution in [0.15, 0.2) is 35.5 Å². The summed E-state index contributed by atoms with van der Waals surface area (Å²) in [6.07, 6.45) is 2.95. The monoisotopic (exact) mass is 286 g/mol. The minimum absolute atomic E-state index is 0.0160. The molecule has 0 saturated heterocycles. The molecule has 4 N–H and O–H groups in total. The zero-order chi connectivity index (χ0) is 13.2. The van der Waals surface area contributed by atoms with E-state index in [0.29, 0.717) is 6.54 Å². The molecule has 8 heteroatoms. The molecule has 0 bridgehead atoms. The fraction of sp³-hybridized carbons (Fsp3) is 0.100. The summed E-state index contributed by atoms with van der Waals surface area (Å²) in [7, 11) is -3.76. The number of aromatic nitrogens is 2. The van der Waals surface area contributed by atoms with Gasteiger partial charge in [-0.1, -0.05) is 17.7 Å². The van der Waals surface area contributed by atoms with Gasteiger partial charge in [0.15, 0.2) is 0 Å². The van der Waals surface area contributed by atoms with Crippen LogP contribution in [0.5, 0.6) is 0 Å². The Hall–Kier alpha value is -1.57. The molecule has 0 aliphatic rings. The molecule has 0 amide bonds. The van der Waals surface area contributed by atoms with E-state index in [9.17, 15) is 8.42 Å². The summed E-state index contributed by atoms with van der Waals surface area (Å²) in [6, 6.07) is 4.55. The first-order chi connectivity index (χ1) is 8.53. The average Bonchev–Trinajstić information content (AvgIpc) is 2.80. The topological polar surface area (TPSA) is 101 Å². The molecule has 0 aliphatic heterocycles. The zero-order valence-corrected chi connectivity index (χ0v) is 10.8. The standard InChI is InChI=1S/C10H11ClN4O2S/c11-8-5-7(6-12)1-2-9(8)18(16,17)15-10-13-3-4-14-10/h1-5H,6,12H2,(H2,13,14,15). The van der Waals surface area contributed by atoms with Gasteiger partial charge >= 0.3 is 0 Å². The molecule has 1 aromatic carbocycles. The lowest BCUT2D eigenvalue weighted by atomic mass is 10.2. The predicted molar refractivity (Wildman–Crippen MR) is 68.7 cm³/mol. The van der Waals surface area contributed by atoms with E-state index in [2.05, 4.69) is 14.7 Å². The minimum atomic E-state index is -3.76.